The third-order valence-corrected chi connectivity index (χ3v) is 2.80. The second-order valence-corrected chi connectivity index (χ2v) is 4.00. The first-order valence-corrected chi connectivity index (χ1v) is 5.72. The minimum atomic E-state index is 0.464. The van der Waals surface area contributed by atoms with Crippen LogP contribution in [0, 0.1) is 11.3 Å². The summed E-state index contributed by atoms with van der Waals surface area (Å²) in [6.45, 7) is 4.38. The highest BCUT2D eigenvalue weighted by Gasteiger charge is 2.10. The van der Waals surface area contributed by atoms with Crippen LogP contribution >= 0.6 is 0 Å². The molecule has 16 heavy (non-hydrogen) atoms. The Bertz CT molecular complexity index is 377. The molecule has 1 saturated heterocycles. The van der Waals surface area contributed by atoms with Crippen LogP contribution in [-0.2, 0) is 0 Å². The maximum absolute atomic E-state index is 8.71. The number of nitriles is 1. The molecule has 1 aromatic rings. The highest BCUT2D eigenvalue weighted by molar-refractivity contribution is 5.38. The first-order chi connectivity index (χ1) is 7.88. The molecule has 0 saturated carbocycles. The van der Waals surface area contributed by atoms with Gasteiger partial charge in [-0.3, -0.25) is 0 Å². The molecule has 1 aromatic heterocycles. The first-order valence-electron chi connectivity index (χ1n) is 5.72. The molecule has 0 unspecified atom stereocenters. The van der Waals surface area contributed by atoms with E-state index in [1.807, 2.05) is 18.2 Å². The van der Waals surface area contributed by atoms with E-state index in [1.165, 1.54) is 25.9 Å². The number of hydrogen-bond donors (Lipinski definition) is 1. The Morgan fingerprint density at radius 2 is 2.19 bits per heavy atom. The highest BCUT2D eigenvalue weighted by Crippen LogP contribution is 2.07. The standard InChI is InChI=1S/C12H16N4/c13-10-11-4-3-5-12(15-11)14-6-9-16-7-1-2-8-16/h3-5H,1-2,6-9H2,(H,14,15). The van der Waals surface area contributed by atoms with Crippen LogP contribution in [0.2, 0.25) is 0 Å². The maximum atomic E-state index is 8.71. The summed E-state index contributed by atoms with van der Waals surface area (Å²) in [6.07, 6.45) is 2.64. The third-order valence-electron chi connectivity index (χ3n) is 2.80. The van der Waals surface area contributed by atoms with E-state index < -0.39 is 0 Å². The molecule has 1 fully saturated rings. The lowest BCUT2D eigenvalue weighted by atomic mass is 10.3. The van der Waals surface area contributed by atoms with E-state index in [1.54, 1.807) is 6.07 Å². The lowest BCUT2D eigenvalue weighted by Crippen LogP contribution is -2.26. The SMILES string of the molecule is N#Cc1cccc(NCCN2CCCC2)n1. The van der Waals surface area contributed by atoms with Gasteiger partial charge in [-0.05, 0) is 38.1 Å². The van der Waals surface area contributed by atoms with Crippen LogP contribution in [0.5, 0.6) is 0 Å². The largest absolute Gasteiger partial charge is 0.369 e. The summed E-state index contributed by atoms with van der Waals surface area (Å²) in [5.41, 5.74) is 0.464. The lowest BCUT2D eigenvalue weighted by Gasteiger charge is -2.14. The molecule has 2 rings (SSSR count). The fourth-order valence-corrected chi connectivity index (χ4v) is 1.94. The predicted octanol–water partition coefficient (Wildman–Crippen LogP) is 1.46. The number of hydrogen-bond acceptors (Lipinski definition) is 4. The average Bonchev–Trinajstić information content (AvgIpc) is 2.82. The second kappa shape index (κ2) is 5.47. The van der Waals surface area contributed by atoms with Crippen molar-refractivity contribution >= 4 is 5.82 Å². The normalized spacial score (nSPS) is 15.9. The number of nitrogens with one attached hydrogen (secondary N) is 1. The number of pyridine rings is 1. The Morgan fingerprint density at radius 1 is 1.38 bits per heavy atom. The molecule has 0 aromatic carbocycles. The molecule has 0 radical (unpaired) electrons. The van der Waals surface area contributed by atoms with Crippen LogP contribution in [0.1, 0.15) is 18.5 Å². The van der Waals surface area contributed by atoms with E-state index in [-0.39, 0.29) is 0 Å². The summed E-state index contributed by atoms with van der Waals surface area (Å²) in [6, 6.07) is 7.50. The predicted molar refractivity (Wildman–Crippen MR) is 63.1 cm³/mol. The number of aromatic nitrogens is 1. The quantitative estimate of drug-likeness (QED) is 0.828. The van der Waals surface area contributed by atoms with E-state index >= 15 is 0 Å². The van der Waals surface area contributed by atoms with E-state index in [4.69, 9.17) is 5.26 Å². The van der Waals surface area contributed by atoms with Crippen molar-refractivity contribution < 1.29 is 0 Å². The smallest absolute Gasteiger partial charge is 0.142 e. The van der Waals surface area contributed by atoms with Gasteiger partial charge in [0, 0.05) is 13.1 Å². The van der Waals surface area contributed by atoms with Crippen LogP contribution < -0.4 is 5.32 Å². The maximum Gasteiger partial charge on any atom is 0.142 e. The summed E-state index contributed by atoms with van der Waals surface area (Å²) >= 11 is 0. The van der Waals surface area contributed by atoms with E-state index in [0.29, 0.717) is 5.69 Å². The van der Waals surface area contributed by atoms with Crippen molar-refractivity contribution in [3.63, 3.8) is 0 Å². The van der Waals surface area contributed by atoms with Crippen molar-refractivity contribution in [2.75, 3.05) is 31.5 Å². The molecule has 0 atom stereocenters. The average molecular weight is 216 g/mol. The molecule has 1 aliphatic heterocycles. The number of likely N-dealkylation sites (tertiary alicyclic amines) is 1. The van der Waals surface area contributed by atoms with Crippen molar-refractivity contribution in [1.29, 1.82) is 5.26 Å². The zero-order valence-electron chi connectivity index (χ0n) is 9.32. The minimum Gasteiger partial charge on any atom is -0.369 e. The van der Waals surface area contributed by atoms with Crippen LogP contribution in [0.15, 0.2) is 18.2 Å². The highest BCUT2D eigenvalue weighted by atomic mass is 15.2. The molecular weight excluding hydrogens is 200 g/mol. The number of rotatable bonds is 4. The molecular formula is C12H16N4. The summed E-state index contributed by atoms with van der Waals surface area (Å²) in [5.74, 6) is 0.790. The van der Waals surface area contributed by atoms with Crippen LogP contribution in [0.3, 0.4) is 0 Å². The molecule has 4 heteroatoms. The molecule has 0 spiro atoms. The van der Waals surface area contributed by atoms with E-state index in [9.17, 15) is 0 Å². The molecule has 1 N–H and O–H groups in total. The molecule has 0 amide bonds. The number of anilines is 1. The molecule has 1 aliphatic rings. The molecule has 84 valence electrons. The second-order valence-electron chi connectivity index (χ2n) is 4.00. The van der Waals surface area contributed by atoms with Gasteiger partial charge in [0.15, 0.2) is 0 Å². The van der Waals surface area contributed by atoms with Gasteiger partial charge in [0.1, 0.15) is 17.6 Å². The topological polar surface area (TPSA) is 52.0 Å². The van der Waals surface area contributed by atoms with Gasteiger partial charge < -0.3 is 10.2 Å². The van der Waals surface area contributed by atoms with E-state index in [2.05, 4.69) is 15.2 Å². The Kier molecular flexibility index (Phi) is 3.73. The van der Waals surface area contributed by atoms with Crippen molar-refractivity contribution in [3.05, 3.63) is 23.9 Å². The molecule has 0 aliphatic carbocycles. The van der Waals surface area contributed by atoms with E-state index in [0.717, 1.165) is 18.9 Å². The van der Waals surface area contributed by atoms with Gasteiger partial charge in [-0.2, -0.15) is 5.26 Å². The molecule has 2 heterocycles. The summed E-state index contributed by atoms with van der Waals surface area (Å²) in [7, 11) is 0. The minimum absolute atomic E-state index is 0.464. The van der Waals surface area contributed by atoms with Gasteiger partial charge in [-0.15, -0.1) is 0 Å². The van der Waals surface area contributed by atoms with Crippen molar-refractivity contribution in [2.24, 2.45) is 0 Å². The Labute approximate surface area is 95.9 Å². The van der Waals surface area contributed by atoms with Crippen LogP contribution in [0.4, 0.5) is 5.82 Å². The van der Waals surface area contributed by atoms with Gasteiger partial charge in [0.2, 0.25) is 0 Å². The zero-order valence-corrected chi connectivity index (χ0v) is 9.32. The molecule has 4 nitrogen and oxygen atoms in total. The van der Waals surface area contributed by atoms with Crippen molar-refractivity contribution in [2.45, 2.75) is 12.8 Å². The van der Waals surface area contributed by atoms with Gasteiger partial charge in [0.25, 0.3) is 0 Å². The van der Waals surface area contributed by atoms with Gasteiger partial charge in [0.05, 0.1) is 0 Å². The van der Waals surface area contributed by atoms with Gasteiger partial charge >= 0.3 is 0 Å². The fraction of sp³-hybridized carbons (Fsp3) is 0.500. The van der Waals surface area contributed by atoms with Crippen molar-refractivity contribution in [1.82, 2.24) is 9.88 Å². The van der Waals surface area contributed by atoms with Gasteiger partial charge in [-0.1, -0.05) is 6.07 Å². The first kappa shape index (κ1) is 10.9. The Morgan fingerprint density at radius 3 is 2.94 bits per heavy atom. The fourth-order valence-electron chi connectivity index (χ4n) is 1.94. The van der Waals surface area contributed by atoms with Crippen LogP contribution in [-0.4, -0.2) is 36.1 Å². The van der Waals surface area contributed by atoms with Crippen molar-refractivity contribution in [3.8, 4) is 6.07 Å². The van der Waals surface area contributed by atoms with Gasteiger partial charge in [-0.25, -0.2) is 4.98 Å². The summed E-state index contributed by atoms with van der Waals surface area (Å²) < 4.78 is 0. The Hall–Kier alpha value is -1.60. The Balaban J connectivity index is 1.78. The number of nitrogens with zero attached hydrogens (tertiary/aromatic N) is 3. The monoisotopic (exact) mass is 216 g/mol. The third kappa shape index (κ3) is 2.94. The summed E-state index contributed by atoms with van der Waals surface area (Å²) in [5, 5.41) is 12.0. The zero-order chi connectivity index (χ0) is 11.2. The molecule has 0 bridgehead atoms. The lowest BCUT2D eigenvalue weighted by molar-refractivity contribution is 0.352. The van der Waals surface area contributed by atoms with Crippen LogP contribution in [0.25, 0.3) is 0 Å². The summed E-state index contributed by atoms with van der Waals surface area (Å²) in [4.78, 5) is 6.61.